The van der Waals surface area contributed by atoms with E-state index in [4.69, 9.17) is 10.5 Å². The van der Waals surface area contributed by atoms with Crippen molar-refractivity contribution in [2.75, 3.05) is 6.61 Å². The second-order valence-electron chi connectivity index (χ2n) is 4.01. The summed E-state index contributed by atoms with van der Waals surface area (Å²) < 4.78 is 5.69. The van der Waals surface area contributed by atoms with Crippen LogP contribution in [-0.2, 0) is 4.74 Å². The highest BCUT2D eigenvalue weighted by Crippen LogP contribution is 2.26. The quantitative estimate of drug-likeness (QED) is 0.738. The molecule has 2 atom stereocenters. The zero-order valence-corrected chi connectivity index (χ0v) is 8.57. The lowest BCUT2D eigenvalue weighted by atomic mass is 9.96. The predicted molar refractivity (Wildman–Crippen MR) is 57.1 cm³/mol. The molecule has 1 aliphatic rings. The molecule has 1 aliphatic heterocycles. The Morgan fingerprint density at radius 2 is 2.00 bits per heavy atom. The first-order valence-electron chi connectivity index (χ1n) is 5.21. The van der Waals surface area contributed by atoms with Crippen LogP contribution in [0.15, 0.2) is 24.3 Å². The van der Waals surface area contributed by atoms with Crippen molar-refractivity contribution >= 4 is 0 Å². The molecular formula is C12H17NO. The summed E-state index contributed by atoms with van der Waals surface area (Å²) >= 11 is 0. The van der Waals surface area contributed by atoms with Gasteiger partial charge in [-0.05, 0) is 25.3 Å². The van der Waals surface area contributed by atoms with Crippen LogP contribution >= 0.6 is 0 Å². The van der Waals surface area contributed by atoms with Gasteiger partial charge in [-0.2, -0.15) is 0 Å². The zero-order valence-electron chi connectivity index (χ0n) is 8.57. The minimum absolute atomic E-state index is 0.101. The lowest BCUT2D eigenvalue weighted by Gasteiger charge is -2.29. The highest BCUT2D eigenvalue weighted by molar-refractivity contribution is 5.24. The molecule has 1 aromatic carbocycles. The van der Waals surface area contributed by atoms with E-state index in [0.29, 0.717) is 0 Å². The second-order valence-corrected chi connectivity index (χ2v) is 4.01. The highest BCUT2D eigenvalue weighted by Gasteiger charge is 2.23. The zero-order chi connectivity index (χ0) is 9.97. The number of rotatable bonds is 1. The molecule has 76 valence electrons. The molecular weight excluding hydrogens is 174 g/mol. The number of nitrogens with two attached hydrogens (primary N) is 1. The molecule has 0 amide bonds. The van der Waals surface area contributed by atoms with E-state index in [0.717, 1.165) is 19.4 Å². The normalized spacial score (nSPS) is 27.6. The minimum Gasteiger partial charge on any atom is -0.372 e. The molecule has 0 spiro atoms. The first-order valence-corrected chi connectivity index (χ1v) is 5.21. The Kier molecular flexibility index (Phi) is 2.85. The molecule has 2 rings (SSSR count). The van der Waals surface area contributed by atoms with Gasteiger partial charge in [0.25, 0.3) is 0 Å². The van der Waals surface area contributed by atoms with Crippen molar-refractivity contribution < 1.29 is 4.74 Å². The number of aryl methyl sites for hydroxylation is 1. The third kappa shape index (κ3) is 1.97. The maximum atomic E-state index is 6.02. The minimum atomic E-state index is 0.101. The molecule has 0 radical (unpaired) electrons. The molecule has 1 saturated heterocycles. The van der Waals surface area contributed by atoms with E-state index < -0.39 is 0 Å². The summed E-state index contributed by atoms with van der Waals surface area (Å²) in [4.78, 5) is 0. The SMILES string of the molecule is Cc1ccc(C2OCCCC2N)cc1. The summed E-state index contributed by atoms with van der Waals surface area (Å²) in [6.45, 7) is 2.93. The Morgan fingerprint density at radius 1 is 1.29 bits per heavy atom. The van der Waals surface area contributed by atoms with Crippen molar-refractivity contribution in [2.24, 2.45) is 5.73 Å². The Balaban J connectivity index is 2.16. The summed E-state index contributed by atoms with van der Waals surface area (Å²) in [7, 11) is 0. The van der Waals surface area contributed by atoms with E-state index in [-0.39, 0.29) is 12.1 Å². The van der Waals surface area contributed by atoms with Crippen LogP contribution in [-0.4, -0.2) is 12.6 Å². The fourth-order valence-corrected chi connectivity index (χ4v) is 1.90. The molecule has 1 heterocycles. The fourth-order valence-electron chi connectivity index (χ4n) is 1.90. The van der Waals surface area contributed by atoms with E-state index in [1.165, 1.54) is 11.1 Å². The van der Waals surface area contributed by atoms with Crippen molar-refractivity contribution in [1.82, 2.24) is 0 Å². The topological polar surface area (TPSA) is 35.2 Å². The summed E-state index contributed by atoms with van der Waals surface area (Å²) in [6, 6.07) is 8.61. The van der Waals surface area contributed by atoms with Crippen LogP contribution in [0.1, 0.15) is 30.1 Å². The van der Waals surface area contributed by atoms with Crippen LogP contribution < -0.4 is 5.73 Å². The van der Waals surface area contributed by atoms with Gasteiger partial charge in [0.1, 0.15) is 0 Å². The highest BCUT2D eigenvalue weighted by atomic mass is 16.5. The van der Waals surface area contributed by atoms with Crippen LogP contribution in [0, 0.1) is 6.92 Å². The number of benzene rings is 1. The molecule has 1 aromatic rings. The van der Waals surface area contributed by atoms with Gasteiger partial charge < -0.3 is 10.5 Å². The van der Waals surface area contributed by atoms with Gasteiger partial charge in [0.2, 0.25) is 0 Å². The molecule has 1 fully saturated rings. The number of hydrogen-bond donors (Lipinski definition) is 1. The summed E-state index contributed by atoms with van der Waals surface area (Å²) in [5, 5.41) is 0. The molecule has 0 bridgehead atoms. The smallest absolute Gasteiger partial charge is 0.0975 e. The fraction of sp³-hybridized carbons (Fsp3) is 0.500. The van der Waals surface area contributed by atoms with Gasteiger partial charge in [0, 0.05) is 12.6 Å². The van der Waals surface area contributed by atoms with Crippen LogP contribution in [0.5, 0.6) is 0 Å². The van der Waals surface area contributed by atoms with Crippen LogP contribution in [0.3, 0.4) is 0 Å². The van der Waals surface area contributed by atoms with Crippen molar-refractivity contribution in [3.8, 4) is 0 Å². The maximum Gasteiger partial charge on any atom is 0.0975 e. The number of ether oxygens (including phenoxy) is 1. The van der Waals surface area contributed by atoms with Crippen LogP contribution in [0.2, 0.25) is 0 Å². The third-order valence-electron chi connectivity index (χ3n) is 2.77. The van der Waals surface area contributed by atoms with E-state index in [1.807, 2.05) is 0 Å². The Hall–Kier alpha value is -0.860. The van der Waals surface area contributed by atoms with Crippen LogP contribution in [0.25, 0.3) is 0 Å². The average Bonchev–Trinajstić information content (AvgIpc) is 2.20. The van der Waals surface area contributed by atoms with E-state index in [2.05, 4.69) is 31.2 Å². The van der Waals surface area contributed by atoms with Crippen molar-refractivity contribution in [2.45, 2.75) is 31.9 Å². The molecule has 0 saturated carbocycles. The van der Waals surface area contributed by atoms with Gasteiger partial charge in [-0.25, -0.2) is 0 Å². The Morgan fingerprint density at radius 3 is 2.64 bits per heavy atom. The van der Waals surface area contributed by atoms with Gasteiger partial charge in [-0.1, -0.05) is 29.8 Å². The lowest BCUT2D eigenvalue weighted by molar-refractivity contribution is 0.000142. The van der Waals surface area contributed by atoms with Crippen molar-refractivity contribution in [3.63, 3.8) is 0 Å². The number of hydrogen-bond acceptors (Lipinski definition) is 2. The Bertz CT molecular complexity index is 294. The van der Waals surface area contributed by atoms with Gasteiger partial charge in [0.05, 0.1) is 6.10 Å². The third-order valence-corrected chi connectivity index (χ3v) is 2.77. The average molecular weight is 191 g/mol. The molecule has 2 nitrogen and oxygen atoms in total. The van der Waals surface area contributed by atoms with Gasteiger partial charge >= 0.3 is 0 Å². The molecule has 0 aromatic heterocycles. The summed E-state index contributed by atoms with van der Waals surface area (Å²) in [5.74, 6) is 0. The molecule has 14 heavy (non-hydrogen) atoms. The first kappa shape index (κ1) is 9.69. The lowest BCUT2D eigenvalue weighted by Crippen LogP contribution is -2.34. The van der Waals surface area contributed by atoms with Crippen LogP contribution in [0.4, 0.5) is 0 Å². The van der Waals surface area contributed by atoms with Crippen molar-refractivity contribution in [3.05, 3.63) is 35.4 Å². The predicted octanol–water partition coefficient (Wildman–Crippen LogP) is 2.17. The summed E-state index contributed by atoms with van der Waals surface area (Å²) in [6.07, 6.45) is 2.26. The van der Waals surface area contributed by atoms with Gasteiger partial charge in [-0.3, -0.25) is 0 Å². The second kappa shape index (κ2) is 4.11. The van der Waals surface area contributed by atoms with Gasteiger partial charge in [0.15, 0.2) is 0 Å². The molecule has 2 N–H and O–H groups in total. The van der Waals surface area contributed by atoms with E-state index in [9.17, 15) is 0 Å². The summed E-state index contributed by atoms with van der Waals surface area (Å²) in [5.41, 5.74) is 8.51. The standard InChI is InChI=1S/C12H17NO/c1-9-4-6-10(7-5-9)12-11(13)3-2-8-14-12/h4-7,11-12H,2-3,8,13H2,1H3. The van der Waals surface area contributed by atoms with Gasteiger partial charge in [-0.15, -0.1) is 0 Å². The first-order chi connectivity index (χ1) is 6.77. The monoisotopic (exact) mass is 191 g/mol. The molecule has 2 heteroatoms. The van der Waals surface area contributed by atoms with E-state index in [1.54, 1.807) is 0 Å². The molecule has 0 aliphatic carbocycles. The maximum absolute atomic E-state index is 6.02. The molecule has 2 unspecified atom stereocenters. The van der Waals surface area contributed by atoms with E-state index >= 15 is 0 Å². The Labute approximate surface area is 85.1 Å². The van der Waals surface area contributed by atoms with Crippen molar-refractivity contribution in [1.29, 1.82) is 0 Å². The largest absolute Gasteiger partial charge is 0.372 e.